The van der Waals surface area contributed by atoms with E-state index in [1.54, 1.807) is 4.90 Å². The summed E-state index contributed by atoms with van der Waals surface area (Å²) in [5.74, 6) is -0.551. The van der Waals surface area contributed by atoms with E-state index in [1.165, 1.54) is 6.92 Å². The van der Waals surface area contributed by atoms with Crippen molar-refractivity contribution in [3.8, 4) is 0 Å². The van der Waals surface area contributed by atoms with Crippen LogP contribution in [0, 0.1) is 0 Å². The second-order valence-corrected chi connectivity index (χ2v) is 4.96. The average molecular weight is 287 g/mol. The number of hydrogen-bond donors (Lipinski definition) is 3. The van der Waals surface area contributed by atoms with Crippen LogP contribution in [-0.4, -0.2) is 54.1 Å². The smallest absolute Gasteiger partial charge is 0.243 e. The average Bonchev–Trinajstić information content (AvgIpc) is 2.42. The van der Waals surface area contributed by atoms with E-state index >= 15 is 0 Å². The molecule has 19 heavy (non-hydrogen) atoms. The number of carbonyl (C=O) groups is 3. The van der Waals surface area contributed by atoms with Gasteiger partial charge in [0, 0.05) is 25.8 Å². The molecule has 0 spiro atoms. The molecule has 0 saturated carbocycles. The summed E-state index contributed by atoms with van der Waals surface area (Å²) in [6.45, 7) is 2.83. The van der Waals surface area contributed by atoms with Gasteiger partial charge < -0.3 is 15.5 Å². The maximum Gasteiger partial charge on any atom is 0.243 e. The van der Waals surface area contributed by atoms with Crippen LogP contribution in [0.1, 0.15) is 26.2 Å². The highest BCUT2D eigenvalue weighted by Gasteiger charge is 2.20. The van der Waals surface area contributed by atoms with Gasteiger partial charge in [-0.25, -0.2) is 0 Å². The summed E-state index contributed by atoms with van der Waals surface area (Å²) in [7, 11) is 0. The molecule has 1 rings (SSSR count). The Morgan fingerprint density at radius 3 is 2.37 bits per heavy atom. The lowest BCUT2D eigenvalue weighted by Crippen LogP contribution is -2.50. The molecule has 1 saturated heterocycles. The third-order valence-corrected chi connectivity index (χ3v) is 3.36. The Morgan fingerprint density at radius 2 is 1.84 bits per heavy atom. The number of nitrogens with one attached hydrogen (secondary N) is 2. The van der Waals surface area contributed by atoms with Crippen molar-refractivity contribution in [1.82, 2.24) is 15.5 Å². The molecule has 1 aliphatic rings. The monoisotopic (exact) mass is 287 g/mol. The fourth-order valence-corrected chi connectivity index (χ4v) is 2.24. The zero-order valence-corrected chi connectivity index (χ0v) is 12.0. The van der Waals surface area contributed by atoms with E-state index in [0.29, 0.717) is 0 Å². The van der Waals surface area contributed by atoms with Gasteiger partial charge in [0.1, 0.15) is 6.04 Å². The molecular formula is C12H21N3O3S. The minimum absolute atomic E-state index is 0.0251. The maximum atomic E-state index is 11.8. The van der Waals surface area contributed by atoms with Crippen molar-refractivity contribution in [2.45, 2.75) is 32.2 Å². The first-order chi connectivity index (χ1) is 9.04. The van der Waals surface area contributed by atoms with E-state index in [4.69, 9.17) is 0 Å². The van der Waals surface area contributed by atoms with Crippen LogP contribution in [-0.2, 0) is 14.4 Å². The number of likely N-dealkylation sites (tertiary alicyclic amines) is 1. The van der Waals surface area contributed by atoms with Crippen LogP contribution in [0.25, 0.3) is 0 Å². The Bertz CT molecular complexity index is 343. The number of hydrogen-bond acceptors (Lipinski definition) is 4. The highest BCUT2D eigenvalue weighted by atomic mass is 32.1. The summed E-state index contributed by atoms with van der Waals surface area (Å²) >= 11 is 4.00. The van der Waals surface area contributed by atoms with E-state index < -0.39 is 6.04 Å². The minimum atomic E-state index is -0.699. The first-order valence-electron chi connectivity index (χ1n) is 6.48. The van der Waals surface area contributed by atoms with E-state index in [2.05, 4.69) is 23.3 Å². The number of thiol groups is 1. The van der Waals surface area contributed by atoms with Crippen molar-refractivity contribution in [1.29, 1.82) is 0 Å². The van der Waals surface area contributed by atoms with Crippen LogP contribution in [0.15, 0.2) is 0 Å². The SMILES string of the molecule is CC(=O)NC(CS)C(=O)NCC(=O)N1CCCCC1. The fourth-order valence-electron chi connectivity index (χ4n) is 1.98. The molecule has 1 aliphatic heterocycles. The number of nitrogens with zero attached hydrogens (tertiary/aromatic N) is 1. The Hall–Kier alpha value is -1.24. The van der Waals surface area contributed by atoms with Crippen molar-refractivity contribution in [2.24, 2.45) is 0 Å². The molecule has 7 heteroatoms. The third-order valence-electron chi connectivity index (χ3n) is 3.00. The van der Waals surface area contributed by atoms with E-state index in [9.17, 15) is 14.4 Å². The predicted octanol–water partition coefficient (Wildman–Crippen LogP) is -0.450. The lowest BCUT2D eigenvalue weighted by atomic mass is 10.1. The zero-order chi connectivity index (χ0) is 14.3. The van der Waals surface area contributed by atoms with Gasteiger partial charge in [-0.1, -0.05) is 0 Å². The van der Waals surface area contributed by atoms with Crippen molar-refractivity contribution >= 4 is 30.4 Å². The molecule has 3 amide bonds. The van der Waals surface area contributed by atoms with Crippen LogP contribution in [0.4, 0.5) is 0 Å². The summed E-state index contributed by atoms with van der Waals surface area (Å²) < 4.78 is 0. The Labute approximate surface area is 118 Å². The van der Waals surface area contributed by atoms with Gasteiger partial charge in [-0.05, 0) is 19.3 Å². The zero-order valence-electron chi connectivity index (χ0n) is 11.1. The lowest BCUT2D eigenvalue weighted by molar-refractivity contribution is -0.134. The molecule has 108 valence electrons. The standard InChI is InChI=1S/C12H21N3O3S/c1-9(16)14-10(8-19)12(18)13-7-11(17)15-5-3-2-4-6-15/h10,19H,2-8H2,1H3,(H,13,18)(H,14,16). The quantitative estimate of drug-likeness (QED) is 0.599. The summed E-state index contributed by atoms with van der Waals surface area (Å²) in [4.78, 5) is 36.3. The van der Waals surface area contributed by atoms with Gasteiger partial charge in [0.15, 0.2) is 0 Å². The van der Waals surface area contributed by atoms with Crippen LogP contribution >= 0.6 is 12.6 Å². The van der Waals surface area contributed by atoms with Gasteiger partial charge in [-0.15, -0.1) is 0 Å². The van der Waals surface area contributed by atoms with Crippen LogP contribution in [0.2, 0.25) is 0 Å². The highest BCUT2D eigenvalue weighted by molar-refractivity contribution is 7.80. The van der Waals surface area contributed by atoms with Crippen LogP contribution < -0.4 is 10.6 Å². The van der Waals surface area contributed by atoms with Gasteiger partial charge >= 0.3 is 0 Å². The molecule has 2 N–H and O–H groups in total. The second kappa shape index (κ2) is 8.04. The first kappa shape index (κ1) is 15.8. The van der Waals surface area contributed by atoms with Crippen molar-refractivity contribution in [3.63, 3.8) is 0 Å². The van der Waals surface area contributed by atoms with Gasteiger partial charge in [-0.2, -0.15) is 12.6 Å². The Kier molecular flexibility index (Phi) is 6.69. The van der Waals surface area contributed by atoms with Gasteiger partial charge in [0.2, 0.25) is 17.7 Å². The largest absolute Gasteiger partial charge is 0.345 e. The van der Waals surface area contributed by atoms with Crippen molar-refractivity contribution in [2.75, 3.05) is 25.4 Å². The number of amides is 3. The molecule has 0 radical (unpaired) electrons. The van der Waals surface area contributed by atoms with Crippen LogP contribution in [0.5, 0.6) is 0 Å². The molecule has 0 aromatic heterocycles. The molecule has 1 atom stereocenters. The van der Waals surface area contributed by atoms with Gasteiger partial charge in [0.25, 0.3) is 0 Å². The van der Waals surface area contributed by atoms with Gasteiger partial charge in [-0.3, -0.25) is 14.4 Å². The second-order valence-electron chi connectivity index (χ2n) is 4.59. The molecule has 1 fully saturated rings. The molecule has 1 heterocycles. The maximum absolute atomic E-state index is 11.8. The van der Waals surface area contributed by atoms with Gasteiger partial charge in [0.05, 0.1) is 6.54 Å². The van der Waals surface area contributed by atoms with E-state index in [0.717, 1.165) is 32.4 Å². The molecule has 1 unspecified atom stereocenters. The molecule has 0 bridgehead atoms. The summed E-state index contributed by atoms with van der Waals surface area (Å²) in [5.41, 5.74) is 0. The Balaban J connectivity index is 2.35. The third kappa shape index (κ3) is 5.50. The lowest BCUT2D eigenvalue weighted by Gasteiger charge is -2.27. The Morgan fingerprint density at radius 1 is 1.21 bits per heavy atom. The fraction of sp³-hybridized carbons (Fsp3) is 0.750. The topological polar surface area (TPSA) is 78.5 Å². The van der Waals surface area contributed by atoms with Crippen molar-refractivity contribution in [3.05, 3.63) is 0 Å². The molecule has 0 aromatic carbocycles. The number of carbonyl (C=O) groups excluding carboxylic acids is 3. The summed E-state index contributed by atoms with van der Waals surface area (Å²) in [6.07, 6.45) is 3.19. The van der Waals surface area contributed by atoms with E-state index in [-0.39, 0.29) is 30.0 Å². The predicted molar refractivity (Wildman–Crippen MR) is 74.9 cm³/mol. The number of piperidine rings is 1. The highest BCUT2D eigenvalue weighted by Crippen LogP contribution is 2.08. The first-order valence-corrected chi connectivity index (χ1v) is 7.11. The normalized spacial score (nSPS) is 16.6. The summed E-state index contributed by atoms with van der Waals surface area (Å²) in [6, 6.07) is -0.699. The van der Waals surface area contributed by atoms with Crippen LogP contribution in [0.3, 0.4) is 0 Å². The van der Waals surface area contributed by atoms with Crippen molar-refractivity contribution < 1.29 is 14.4 Å². The molecule has 0 aliphatic carbocycles. The number of rotatable bonds is 5. The summed E-state index contributed by atoms with van der Waals surface area (Å²) in [5, 5.41) is 5.02. The molecule has 0 aromatic rings. The molecular weight excluding hydrogens is 266 g/mol. The minimum Gasteiger partial charge on any atom is -0.345 e. The molecule has 6 nitrogen and oxygen atoms in total. The van der Waals surface area contributed by atoms with E-state index in [1.807, 2.05) is 0 Å².